The minimum absolute atomic E-state index is 0.228. The SMILES string of the molecule is Cn1cc(CCC(=O)N2CCC3(CCCCc4ccccc4OCCN(Cc4ccncc4)C3)CC2)cn1. The number of para-hydroxylation sites is 1. The van der Waals surface area contributed by atoms with Gasteiger partial charge >= 0.3 is 0 Å². The number of aryl methyl sites for hydroxylation is 3. The number of amides is 1. The number of hydrogen-bond donors (Lipinski definition) is 0. The first-order valence-electron chi connectivity index (χ1n) is 14.2. The van der Waals surface area contributed by atoms with Crippen molar-refractivity contribution in [2.45, 2.75) is 57.9 Å². The summed E-state index contributed by atoms with van der Waals surface area (Å²) in [7, 11) is 1.92. The molecule has 0 atom stereocenters. The lowest BCUT2D eigenvalue weighted by molar-refractivity contribution is -0.133. The number of hydrogen-bond acceptors (Lipinski definition) is 5. The molecule has 1 spiro atoms. The molecule has 38 heavy (non-hydrogen) atoms. The van der Waals surface area contributed by atoms with Crippen LogP contribution in [0.2, 0.25) is 0 Å². The molecule has 2 aromatic heterocycles. The molecular weight excluding hydrogens is 474 g/mol. The number of aromatic nitrogens is 3. The van der Waals surface area contributed by atoms with E-state index < -0.39 is 0 Å². The average molecular weight is 516 g/mol. The highest BCUT2D eigenvalue weighted by Gasteiger charge is 2.37. The van der Waals surface area contributed by atoms with Gasteiger partial charge in [0.2, 0.25) is 5.91 Å². The van der Waals surface area contributed by atoms with Crippen molar-refractivity contribution >= 4 is 5.91 Å². The summed E-state index contributed by atoms with van der Waals surface area (Å²) >= 11 is 0. The Hall–Kier alpha value is -3.19. The molecule has 0 N–H and O–H groups in total. The van der Waals surface area contributed by atoms with Crippen molar-refractivity contribution in [2.24, 2.45) is 12.5 Å². The molecule has 7 heteroatoms. The van der Waals surface area contributed by atoms with E-state index in [1.165, 1.54) is 30.4 Å². The summed E-state index contributed by atoms with van der Waals surface area (Å²) in [5.74, 6) is 1.31. The van der Waals surface area contributed by atoms with Gasteiger partial charge in [0.1, 0.15) is 12.4 Å². The molecule has 0 radical (unpaired) electrons. The van der Waals surface area contributed by atoms with Crippen LogP contribution < -0.4 is 4.74 Å². The lowest BCUT2D eigenvalue weighted by atomic mass is 9.73. The molecule has 1 saturated heterocycles. The van der Waals surface area contributed by atoms with Gasteiger partial charge in [0, 0.05) is 64.8 Å². The summed E-state index contributed by atoms with van der Waals surface area (Å²) in [6.07, 6.45) is 15.7. The molecule has 2 aliphatic heterocycles. The number of likely N-dealkylation sites (tertiary alicyclic amines) is 1. The van der Waals surface area contributed by atoms with E-state index in [0.717, 1.165) is 69.7 Å². The molecule has 0 bridgehead atoms. The molecule has 1 aromatic carbocycles. The number of carbonyl (C=O) groups is 1. The summed E-state index contributed by atoms with van der Waals surface area (Å²) in [5.41, 5.74) is 3.96. The number of rotatable bonds is 5. The standard InChI is InChI=1S/C31H41N5O2/c1-34-23-27(22-33-34)9-10-30(37)36-18-14-31(15-19-36)13-5-4-7-28-6-2-3-8-29(28)38-21-20-35(25-31)24-26-11-16-32-17-12-26/h2-3,6,8,11-12,16-17,22-23H,4-5,7,9-10,13-15,18-21,24-25H2,1H3. The van der Waals surface area contributed by atoms with Crippen LogP contribution in [0.4, 0.5) is 0 Å². The van der Waals surface area contributed by atoms with E-state index in [4.69, 9.17) is 4.74 Å². The summed E-state index contributed by atoms with van der Waals surface area (Å²) in [6.45, 7) is 5.20. The first-order valence-corrected chi connectivity index (χ1v) is 14.2. The van der Waals surface area contributed by atoms with E-state index in [1.54, 1.807) is 4.68 Å². The van der Waals surface area contributed by atoms with Crippen LogP contribution in [0.5, 0.6) is 5.75 Å². The molecule has 4 heterocycles. The molecular formula is C31H41N5O2. The van der Waals surface area contributed by atoms with E-state index >= 15 is 0 Å². The Kier molecular flexibility index (Phi) is 8.74. The highest BCUT2D eigenvalue weighted by molar-refractivity contribution is 5.76. The van der Waals surface area contributed by atoms with E-state index in [9.17, 15) is 4.79 Å². The fourth-order valence-corrected chi connectivity index (χ4v) is 6.11. The Morgan fingerprint density at radius 1 is 1.00 bits per heavy atom. The van der Waals surface area contributed by atoms with Crippen molar-refractivity contribution in [1.82, 2.24) is 24.6 Å². The van der Waals surface area contributed by atoms with Gasteiger partial charge in [-0.3, -0.25) is 19.4 Å². The van der Waals surface area contributed by atoms with Crippen LogP contribution in [0.1, 0.15) is 55.2 Å². The highest BCUT2D eigenvalue weighted by Crippen LogP contribution is 2.39. The molecule has 0 aliphatic carbocycles. The molecule has 202 valence electrons. The van der Waals surface area contributed by atoms with Crippen LogP contribution >= 0.6 is 0 Å². The van der Waals surface area contributed by atoms with E-state index in [0.29, 0.717) is 13.0 Å². The zero-order valence-electron chi connectivity index (χ0n) is 22.7. The number of benzene rings is 1. The monoisotopic (exact) mass is 515 g/mol. The number of fused-ring (bicyclic) bond motifs is 1. The fraction of sp³-hybridized carbons (Fsp3) is 0.516. The number of piperidine rings is 1. The lowest BCUT2D eigenvalue weighted by Gasteiger charge is -2.45. The summed E-state index contributed by atoms with van der Waals surface area (Å²) in [5, 5.41) is 4.23. The number of nitrogens with zero attached hydrogens (tertiary/aromatic N) is 5. The van der Waals surface area contributed by atoms with Gasteiger partial charge in [-0.25, -0.2) is 0 Å². The van der Waals surface area contributed by atoms with E-state index in [-0.39, 0.29) is 11.3 Å². The highest BCUT2D eigenvalue weighted by atomic mass is 16.5. The maximum absolute atomic E-state index is 13.0. The molecule has 1 amide bonds. The normalized spacial score (nSPS) is 18.7. The maximum atomic E-state index is 13.0. The third-order valence-electron chi connectivity index (χ3n) is 8.32. The van der Waals surface area contributed by atoms with Gasteiger partial charge in [-0.05, 0) is 78.8 Å². The third kappa shape index (κ3) is 7.01. The zero-order chi connectivity index (χ0) is 26.2. The fourth-order valence-electron chi connectivity index (χ4n) is 6.11. The maximum Gasteiger partial charge on any atom is 0.222 e. The largest absolute Gasteiger partial charge is 0.492 e. The molecule has 0 unspecified atom stereocenters. The smallest absolute Gasteiger partial charge is 0.222 e. The minimum atomic E-state index is 0.228. The summed E-state index contributed by atoms with van der Waals surface area (Å²) in [6, 6.07) is 12.7. The van der Waals surface area contributed by atoms with Gasteiger partial charge < -0.3 is 9.64 Å². The second kappa shape index (κ2) is 12.6. The Morgan fingerprint density at radius 3 is 2.61 bits per heavy atom. The van der Waals surface area contributed by atoms with Gasteiger partial charge in [0.15, 0.2) is 0 Å². The second-order valence-electron chi connectivity index (χ2n) is 11.1. The van der Waals surface area contributed by atoms with Crippen molar-refractivity contribution in [2.75, 3.05) is 32.8 Å². The van der Waals surface area contributed by atoms with Crippen LogP contribution in [0.15, 0.2) is 61.2 Å². The molecule has 0 saturated carbocycles. The third-order valence-corrected chi connectivity index (χ3v) is 8.32. The molecule has 5 rings (SSSR count). The quantitative estimate of drug-likeness (QED) is 0.494. The summed E-state index contributed by atoms with van der Waals surface area (Å²) in [4.78, 5) is 21.9. The Labute approximate surface area is 226 Å². The topological polar surface area (TPSA) is 63.5 Å². The molecule has 1 fully saturated rings. The Balaban J connectivity index is 1.26. The average Bonchev–Trinajstić information content (AvgIpc) is 3.36. The lowest BCUT2D eigenvalue weighted by Crippen LogP contribution is -2.48. The van der Waals surface area contributed by atoms with Crippen molar-refractivity contribution in [3.8, 4) is 5.75 Å². The Morgan fingerprint density at radius 2 is 1.82 bits per heavy atom. The van der Waals surface area contributed by atoms with Crippen LogP contribution in [0.3, 0.4) is 0 Å². The number of pyridine rings is 1. The zero-order valence-corrected chi connectivity index (χ0v) is 22.7. The van der Waals surface area contributed by atoms with Gasteiger partial charge in [0.05, 0.1) is 6.20 Å². The van der Waals surface area contributed by atoms with Gasteiger partial charge in [-0.1, -0.05) is 24.6 Å². The van der Waals surface area contributed by atoms with Gasteiger partial charge in [0.25, 0.3) is 0 Å². The number of ether oxygens (including phenoxy) is 1. The van der Waals surface area contributed by atoms with Crippen LogP contribution in [0, 0.1) is 5.41 Å². The minimum Gasteiger partial charge on any atom is -0.492 e. The van der Waals surface area contributed by atoms with Gasteiger partial charge in [-0.2, -0.15) is 5.10 Å². The molecule has 2 aliphatic rings. The predicted molar refractivity (Wildman–Crippen MR) is 149 cm³/mol. The van der Waals surface area contributed by atoms with Gasteiger partial charge in [-0.15, -0.1) is 0 Å². The van der Waals surface area contributed by atoms with Crippen LogP contribution in [-0.4, -0.2) is 63.3 Å². The first-order chi connectivity index (χ1) is 18.6. The van der Waals surface area contributed by atoms with Crippen molar-refractivity contribution < 1.29 is 9.53 Å². The summed E-state index contributed by atoms with van der Waals surface area (Å²) < 4.78 is 8.11. The Bertz CT molecular complexity index is 1170. The van der Waals surface area contributed by atoms with Crippen molar-refractivity contribution in [3.05, 3.63) is 77.9 Å². The van der Waals surface area contributed by atoms with Crippen LogP contribution in [0.25, 0.3) is 0 Å². The second-order valence-corrected chi connectivity index (χ2v) is 11.1. The molecule has 7 nitrogen and oxygen atoms in total. The van der Waals surface area contributed by atoms with Crippen LogP contribution in [-0.2, 0) is 31.2 Å². The number of carbonyl (C=O) groups excluding carboxylic acids is 1. The predicted octanol–water partition coefficient (Wildman–Crippen LogP) is 4.66. The first kappa shape index (κ1) is 26.4. The van der Waals surface area contributed by atoms with Crippen molar-refractivity contribution in [3.63, 3.8) is 0 Å². The van der Waals surface area contributed by atoms with E-state index in [1.807, 2.05) is 31.8 Å². The molecule has 3 aromatic rings. The van der Waals surface area contributed by atoms with Crippen molar-refractivity contribution in [1.29, 1.82) is 0 Å². The van der Waals surface area contributed by atoms with E-state index in [2.05, 4.69) is 56.3 Å².